The normalized spacial score (nSPS) is 15.2. The monoisotopic (exact) mass is 344 g/mol. The molecule has 0 radical (unpaired) electrons. The summed E-state index contributed by atoms with van der Waals surface area (Å²) >= 11 is 0. The summed E-state index contributed by atoms with van der Waals surface area (Å²) in [6, 6.07) is 3.38. The highest BCUT2D eigenvalue weighted by atomic mass is 19.1. The van der Waals surface area contributed by atoms with E-state index in [2.05, 4.69) is 19.9 Å². The molecular formula is C16H14F2N6O. The first-order chi connectivity index (χ1) is 12.1. The lowest BCUT2D eigenvalue weighted by atomic mass is 10.1. The van der Waals surface area contributed by atoms with E-state index in [1.807, 2.05) is 4.90 Å². The number of amides is 1. The van der Waals surface area contributed by atoms with Crippen molar-refractivity contribution >= 4 is 22.9 Å². The fourth-order valence-electron chi connectivity index (χ4n) is 2.90. The highest BCUT2D eigenvalue weighted by molar-refractivity contribution is 5.88. The lowest BCUT2D eigenvalue weighted by Gasteiger charge is -2.35. The van der Waals surface area contributed by atoms with Crippen molar-refractivity contribution in [3.63, 3.8) is 0 Å². The maximum absolute atomic E-state index is 13.8. The molecule has 9 heteroatoms. The van der Waals surface area contributed by atoms with Crippen molar-refractivity contribution in [2.45, 2.75) is 6.54 Å². The predicted octanol–water partition coefficient (Wildman–Crippen LogP) is 1.48. The molecule has 0 unspecified atom stereocenters. The van der Waals surface area contributed by atoms with Crippen LogP contribution in [0.4, 0.5) is 14.6 Å². The minimum atomic E-state index is -0.648. The molecule has 25 heavy (non-hydrogen) atoms. The topological polar surface area (TPSA) is 78.0 Å². The number of imidazole rings is 1. The van der Waals surface area contributed by atoms with Crippen molar-refractivity contribution in [2.75, 3.05) is 24.5 Å². The molecule has 1 saturated heterocycles. The fourth-order valence-corrected chi connectivity index (χ4v) is 2.90. The van der Waals surface area contributed by atoms with Gasteiger partial charge in [-0.2, -0.15) is 0 Å². The number of aromatic amines is 1. The number of hydrogen-bond donors (Lipinski definition) is 1. The van der Waals surface area contributed by atoms with Crippen molar-refractivity contribution in [3.05, 3.63) is 48.1 Å². The molecular weight excluding hydrogens is 330 g/mol. The fraction of sp³-hybridized carbons (Fsp3) is 0.250. The number of fused-ring (bicyclic) bond motifs is 1. The minimum absolute atomic E-state index is 0.113. The standard InChI is InChI=1S/C16H14F2N6O/c17-11-2-1-10(12(18)5-11)6-23-3-4-24(7-13(23)25)16-14-15(20-8-19-14)21-9-22-16/h1-2,5,8-9H,3-4,6-7H2,(H,19,20,21,22). The van der Waals surface area contributed by atoms with E-state index in [4.69, 9.17) is 0 Å². The molecule has 4 rings (SSSR count). The Balaban J connectivity index is 1.51. The van der Waals surface area contributed by atoms with Crippen molar-refractivity contribution < 1.29 is 13.6 Å². The molecule has 0 aliphatic carbocycles. The summed E-state index contributed by atoms with van der Waals surface area (Å²) in [7, 11) is 0. The van der Waals surface area contributed by atoms with E-state index < -0.39 is 11.6 Å². The van der Waals surface area contributed by atoms with E-state index >= 15 is 0 Å². The van der Waals surface area contributed by atoms with Gasteiger partial charge < -0.3 is 14.8 Å². The van der Waals surface area contributed by atoms with Crippen LogP contribution in [-0.4, -0.2) is 50.4 Å². The Morgan fingerprint density at radius 3 is 2.84 bits per heavy atom. The van der Waals surface area contributed by atoms with Crippen LogP contribution in [0.25, 0.3) is 11.2 Å². The van der Waals surface area contributed by atoms with Crippen molar-refractivity contribution in [1.82, 2.24) is 24.8 Å². The number of anilines is 1. The summed E-state index contributed by atoms with van der Waals surface area (Å²) in [6.45, 7) is 1.19. The maximum atomic E-state index is 13.8. The summed E-state index contributed by atoms with van der Waals surface area (Å²) in [4.78, 5) is 31.2. The second-order valence-corrected chi connectivity index (χ2v) is 5.77. The van der Waals surface area contributed by atoms with E-state index in [1.165, 1.54) is 24.8 Å². The molecule has 7 nitrogen and oxygen atoms in total. The van der Waals surface area contributed by atoms with Gasteiger partial charge in [0.25, 0.3) is 0 Å². The highest BCUT2D eigenvalue weighted by Gasteiger charge is 2.27. The lowest BCUT2D eigenvalue weighted by molar-refractivity contribution is -0.131. The number of H-pyrrole nitrogens is 1. The van der Waals surface area contributed by atoms with Crippen LogP contribution in [0.3, 0.4) is 0 Å². The number of rotatable bonds is 3. The van der Waals surface area contributed by atoms with Gasteiger partial charge in [0.15, 0.2) is 11.5 Å². The van der Waals surface area contributed by atoms with Crippen molar-refractivity contribution in [3.8, 4) is 0 Å². The first-order valence-corrected chi connectivity index (χ1v) is 7.72. The average Bonchev–Trinajstić information content (AvgIpc) is 3.07. The van der Waals surface area contributed by atoms with Crippen LogP contribution in [0.2, 0.25) is 0 Å². The largest absolute Gasteiger partial charge is 0.344 e. The third-order valence-corrected chi connectivity index (χ3v) is 4.20. The highest BCUT2D eigenvalue weighted by Crippen LogP contribution is 2.22. The molecule has 1 aromatic carbocycles. The number of carbonyl (C=O) groups excluding carboxylic acids is 1. The van der Waals surface area contributed by atoms with Gasteiger partial charge in [0.2, 0.25) is 5.91 Å². The zero-order chi connectivity index (χ0) is 17.4. The van der Waals surface area contributed by atoms with Gasteiger partial charge in [-0.15, -0.1) is 0 Å². The Morgan fingerprint density at radius 1 is 1.16 bits per heavy atom. The Kier molecular flexibility index (Phi) is 3.75. The number of hydrogen-bond acceptors (Lipinski definition) is 5. The van der Waals surface area contributed by atoms with E-state index in [0.29, 0.717) is 35.6 Å². The van der Waals surface area contributed by atoms with Crippen LogP contribution in [0.5, 0.6) is 0 Å². The quantitative estimate of drug-likeness (QED) is 0.779. The first-order valence-electron chi connectivity index (χ1n) is 7.72. The number of nitrogens with one attached hydrogen (secondary N) is 1. The third-order valence-electron chi connectivity index (χ3n) is 4.20. The second kappa shape index (κ2) is 6.08. The van der Waals surface area contributed by atoms with Gasteiger partial charge in [-0.1, -0.05) is 6.07 Å². The van der Waals surface area contributed by atoms with Crippen molar-refractivity contribution in [2.24, 2.45) is 0 Å². The van der Waals surface area contributed by atoms with E-state index in [9.17, 15) is 13.6 Å². The van der Waals surface area contributed by atoms with Crippen LogP contribution in [0.15, 0.2) is 30.9 Å². The van der Waals surface area contributed by atoms with Gasteiger partial charge in [0.05, 0.1) is 12.9 Å². The van der Waals surface area contributed by atoms with Crippen LogP contribution in [-0.2, 0) is 11.3 Å². The van der Waals surface area contributed by atoms with E-state index in [0.717, 1.165) is 6.07 Å². The summed E-state index contributed by atoms with van der Waals surface area (Å²) in [6.07, 6.45) is 2.93. The first kappa shape index (κ1) is 15.4. The average molecular weight is 344 g/mol. The summed E-state index contributed by atoms with van der Waals surface area (Å²) < 4.78 is 26.8. The molecule has 2 aromatic heterocycles. The van der Waals surface area contributed by atoms with Gasteiger partial charge in [0.1, 0.15) is 23.5 Å². The summed E-state index contributed by atoms with van der Waals surface area (Å²) in [5, 5.41) is 0. The van der Waals surface area contributed by atoms with E-state index in [-0.39, 0.29) is 19.0 Å². The molecule has 0 saturated carbocycles. The molecule has 1 aliphatic rings. The van der Waals surface area contributed by atoms with Gasteiger partial charge in [-0.3, -0.25) is 4.79 Å². The molecule has 1 fully saturated rings. The maximum Gasteiger partial charge on any atom is 0.242 e. The molecule has 1 amide bonds. The second-order valence-electron chi connectivity index (χ2n) is 5.77. The Labute approximate surface area is 141 Å². The van der Waals surface area contributed by atoms with Gasteiger partial charge >= 0.3 is 0 Å². The van der Waals surface area contributed by atoms with Crippen molar-refractivity contribution in [1.29, 1.82) is 0 Å². The number of nitrogens with zero attached hydrogens (tertiary/aromatic N) is 5. The molecule has 1 aliphatic heterocycles. The third kappa shape index (κ3) is 2.88. The Hall–Kier alpha value is -3.10. The number of halogens is 2. The van der Waals surface area contributed by atoms with Gasteiger partial charge in [0, 0.05) is 31.3 Å². The molecule has 0 bridgehead atoms. The Bertz CT molecular complexity index is 943. The molecule has 3 aromatic rings. The molecule has 3 heterocycles. The van der Waals surface area contributed by atoms with Crippen LogP contribution < -0.4 is 4.90 Å². The van der Waals surface area contributed by atoms with Gasteiger partial charge in [-0.25, -0.2) is 23.7 Å². The summed E-state index contributed by atoms with van der Waals surface area (Å²) in [5.74, 6) is -0.820. The number of benzene rings is 1. The van der Waals surface area contributed by atoms with E-state index in [1.54, 1.807) is 4.90 Å². The smallest absolute Gasteiger partial charge is 0.242 e. The lowest BCUT2D eigenvalue weighted by Crippen LogP contribution is -2.50. The Morgan fingerprint density at radius 2 is 2.04 bits per heavy atom. The molecule has 0 atom stereocenters. The number of carbonyl (C=O) groups is 1. The number of piperazine rings is 1. The van der Waals surface area contributed by atoms with Gasteiger partial charge in [-0.05, 0) is 6.07 Å². The molecule has 1 N–H and O–H groups in total. The van der Waals surface area contributed by atoms with Crippen LogP contribution in [0.1, 0.15) is 5.56 Å². The predicted molar refractivity (Wildman–Crippen MR) is 85.7 cm³/mol. The zero-order valence-corrected chi connectivity index (χ0v) is 13.1. The zero-order valence-electron chi connectivity index (χ0n) is 13.1. The summed E-state index contributed by atoms with van der Waals surface area (Å²) in [5.41, 5.74) is 1.50. The molecule has 0 spiro atoms. The van der Waals surface area contributed by atoms with Crippen LogP contribution in [0, 0.1) is 11.6 Å². The number of aromatic nitrogens is 4. The minimum Gasteiger partial charge on any atom is -0.344 e. The SMILES string of the molecule is O=C1CN(c2ncnc3nc[nH]c23)CCN1Cc1ccc(F)cc1F. The van der Waals surface area contributed by atoms with Crippen LogP contribution >= 0.6 is 0 Å². The molecule has 128 valence electrons.